The molecule has 0 aliphatic heterocycles. The quantitative estimate of drug-likeness (QED) is 0.787. The van der Waals surface area contributed by atoms with Gasteiger partial charge in [0.1, 0.15) is 0 Å². The van der Waals surface area contributed by atoms with Crippen molar-refractivity contribution in [2.75, 3.05) is 12.8 Å². The van der Waals surface area contributed by atoms with Crippen molar-refractivity contribution in [1.29, 1.82) is 0 Å². The smallest absolute Gasteiger partial charge is 0.251 e. The van der Waals surface area contributed by atoms with Gasteiger partial charge in [-0.15, -0.1) is 11.8 Å². The van der Waals surface area contributed by atoms with Crippen LogP contribution in [0.25, 0.3) is 0 Å². The topological polar surface area (TPSA) is 55.1 Å². The second kappa shape index (κ2) is 5.37. The van der Waals surface area contributed by atoms with Gasteiger partial charge in [-0.3, -0.25) is 4.79 Å². The van der Waals surface area contributed by atoms with E-state index in [2.05, 4.69) is 5.32 Å². The van der Waals surface area contributed by atoms with Gasteiger partial charge in [-0.05, 0) is 44.4 Å². The van der Waals surface area contributed by atoms with Crippen LogP contribution in [0, 0.1) is 0 Å². The molecule has 0 fully saturated rings. The molecular formula is C12H18N2OS. The van der Waals surface area contributed by atoms with Crippen LogP contribution < -0.4 is 11.1 Å². The first kappa shape index (κ1) is 13.1. The van der Waals surface area contributed by atoms with Gasteiger partial charge in [0, 0.05) is 22.5 Å². The largest absolute Gasteiger partial charge is 0.350 e. The Balaban J connectivity index is 2.59. The van der Waals surface area contributed by atoms with Crippen molar-refractivity contribution >= 4 is 17.7 Å². The van der Waals surface area contributed by atoms with Crippen molar-refractivity contribution < 1.29 is 4.79 Å². The molecule has 0 aliphatic rings. The van der Waals surface area contributed by atoms with Gasteiger partial charge < -0.3 is 11.1 Å². The summed E-state index contributed by atoms with van der Waals surface area (Å²) in [5.74, 6) is -0.0776. The minimum absolute atomic E-state index is 0.0776. The molecule has 0 aliphatic carbocycles. The number of nitrogens with two attached hydrogens (primary N) is 1. The summed E-state index contributed by atoms with van der Waals surface area (Å²) in [5.41, 5.74) is 6.08. The van der Waals surface area contributed by atoms with E-state index in [4.69, 9.17) is 5.73 Å². The average molecular weight is 238 g/mol. The Morgan fingerprint density at radius 1 is 1.38 bits per heavy atom. The van der Waals surface area contributed by atoms with E-state index in [0.29, 0.717) is 12.1 Å². The first-order valence-corrected chi connectivity index (χ1v) is 6.36. The van der Waals surface area contributed by atoms with Gasteiger partial charge >= 0.3 is 0 Å². The number of rotatable bonds is 4. The van der Waals surface area contributed by atoms with Gasteiger partial charge in [0.2, 0.25) is 0 Å². The van der Waals surface area contributed by atoms with E-state index < -0.39 is 0 Å². The third-order valence-corrected chi connectivity index (χ3v) is 2.80. The van der Waals surface area contributed by atoms with Crippen LogP contribution in [0.1, 0.15) is 24.2 Å². The molecule has 0 aromatic heterocycles. The molecule has 16 heavy (non-hydrogen) atoms. The maximum atomic E-state index is 11.7. The third-order valence-electron chi connectivity index (χ3n) is 2.06. The predicted octanol–water partition coefficient (Wildman–Crippen LogP) is 1.88. The van der Waals surface area contributed by atoms with Gasteiger partial charge in [0.05, 0.1) is 0 Å². The fourth-order valence-corrected chi connectivity index (χ4v) is 1.56. The van der Waals surface area contributed by atoms with E-state index in [-0.39, 0.29) is 11.4 Å². The van der Waals surface area contributed by atoms with Gasteiger partial charge in [0.15, 0.2) is 0 Å². The molecule has 0 radical (unpaired) electrons. The van der Waals surface area contributed by atoms with Crippen LogP contribution in [0.2, 0.25) is 0 Å². The molecule has 1 aromatic carbocycles. The van der Waals surface area contributed by atoms with Crippen LogP contribution in [0.5, 0.6) is 0 Å². The zero-order valence-corrected chi connectivity index (χ0v) is 10.7. The molecule has 1 amide bonds. The zero-order chi connectivity index (χ0) is 12.2. The Morgan fingerprint density at radius 2 is 1.94 bits per heavy atom. The number of hydrogen-bond donors (Lipinski definition) is 2. The van der Waals surface area contributed by atoms with Crippen LogP contribution in [-0.4, -0.2) is 24.2 Å². The monoisotopic (exact) mass is 238 g/mol. The van der Waals surface area contributed by atoms with Crippen LogP contribution in [0.15, 0.2) is 29.2 Å². The second-order valence-electron chi connectivity index (χ2n) is 4.40. The maximum Gasteiger partial charge on any atom is 0.251 e. The number of thioether (sulfide) groups is 1. The lowest BCUT2D eigenvalue weighted by Crippen LogP contribution is -2.45. The lowest BCUT2D eigenvalue weighted by atomic mass is 10.1. The summed E-state index contributed by atoms with van der Waals surface area (Å²) in [4.78, 5) is 12.9. The molecule has 1 rings (SSSR count). The van der Waals surface area contributed by atoms with E-state index in [0.717, 1.165) is 4.90 Å². The SMILES string of the molecule is CSc1ccc(C(=O)NCC(C)(C)N)cc1. The van der Waals surface area contributed by atoms with E-state index in [1.807, 2.05) is 44.4 Å². The average Bonchev–Trinajstić information content (AvgIpc) is 2.25. The molecule has 0 unspecified atom stereocenters. The molecule has 0 bridgehead atoms. The van der Waals surface area contributed by atoms with Crippen LogP contribution in [0.4, 0.5) is 0 Å². The third kappa shape index (κ3) is 4.24. The van der Waals surface area contributed by atoms with Crippen molar-refractivity contribution in [3.63, 3.8) is 0 Å². The highest BCUT2D eigenvalue weighted by Crippen LogP contribution is 2.14. The van der Waals surface area contributed by atoms with E-state index in [1.54, 1.807) is 11.8 Å². The summed E-state index contributed by atoms with van der Waals surface area (Å²) < 4.78 is 0. The number of carbonyl (C=O) groups excluding carboxylic acids is 1. The Morgan fingerprint density at radius 3 is 2.38 bits per heavy atom. The lowest BCUT2D eigenvalue weighted by Gasteiger charge is -2.18. The normalized spacial score (nSPS) is 11.2. The minimum Gasteiger partial charge on any atom is -0.350 e. The highest BCUT2D eigenvalue weighted by Gasteiger charge is 2.13. The number of nitrogens with one attached hydrogen (secondary N) is 1. The van der Waals surface area contributed by atoms with Gasteiger partial charge in [-0.25, -0.2) is 0 Å². The summed E-state index contributed by atoms with van der Waals surface area (Å²) in [6.07, 6.45) is 2.01. The molecular weight excluding hydrogens is 220 g/mol. The summed E-state index contributed by atoms with van der Waals surface area (Å²) in [6.45, 7) is 4.23. The van der Waals surface area contributed by atoms with E-state index in [9.17, 15) is 4.79 Å². The minimum atomic E-state index is -0.380. The number of amides is 1. The molecule has 3 N–H and O–H groups in total. The number of hydrogen-bond acceptors (Lipinski definition) is 3. The first-order chi connectivity index (χ1) is 7.42. The van der Waals surface area contributed by atoms with E-state index in [1.165, 1.54) is 0 Å². The maximum absolute atomic E-state index is 11.7. The number of benzene rings is 1. The molecule has 0 saturated carbocycles. The molecule has 4 heteroatoms. The molecule has 88 valence electrons. The van der Waals surface area contributed by atoms with Gasteiger partial charge in [-0.2, -0.15) is 0 Å². The Kier molecular flexibility index (Phi) is 4.38. The summed E-state index contributed by atoms with van der Waals surface area (Å²) in [7, 11) is 0. The van der Waals surface area contributed by atoms with Crippen molar-refractivity contribution in [2.24, 2.45) is 5.73 Å². The van der Waals surface area contributed by atoms with Gasteiger partial charge in [0.25, 0.3) is 5.91 Å². The standard InChI is InChI=1S/C12H18N2OS/c1-12(2,13)8-14-11(15)9-4-6-10(16-3)7-5-9/h4-7H,8,13H2,1-3H3,(H,14,15). The van der Waals surface area contributed by atoms with E-state index >= 15 is 0 Å². The fraction of sp³-hybridized carbons (Fsp3) is 0.417. The Labute approximate surface area is 101 Å². The Bertz CT molecular complexity index is 354. The lowest BCUT2D eigenvalue weighted by molar-refractivity contribution is 0.0946. The highest BCUT2D eigenvalue weighted by atomic mass is 32.2. The van der Waals surface area contributed by atoms with Gasteiger partial charge in [-0.1, -0.05) is 0 Å². The summed E-state index contributed by atoms with van der Waals surface area (Å²) in [6, 6.07) is 7.52. The van der Waals surface area contributed by atoms with Crippen molar-refractivity contribution in [3.05, 3.63) is 29.8 Å². The van der Waals surface area contributed by atoms with Crippen molar-refractivity contribution in [2.45, 2.75) is 24.3 Å². The molecule has 0 spiro atoms. The highest BCUT2D eigenvalue weighted by molar-refractivity contribution is 7.98. The second-order valence-corrected chi connectivity index (χ2v) is 5.28. The van der Waals surface area contributed by atoms with Crippen LogP contribution in [0.3, 0.4) is 0 Å². The Hall–Kier alpha value is -1.00. The predicted molar refractivity (Wildman–Crippen MR) is 68.8 cm³/mol. The molecule has 1 aromatic rings. The first-order valence-electron chi connectivity index (χ1n) is 5.13. The molecule has 0 atom stereocenters. The molecule has 0 heterocycles. The summed E-state index contributed by atoms with van der Waals surface area (Å²) >= 11 is 1.66. The summed E-state index contributed by atoms with van der Waals surface area (Å²) in [5, 5.41) is 2.81. The zero-order valence-electron chi connectivity index (χ0n) is 9.91. The van der Waals surface area contributed by atoms with Crippen LogP contribution >= 0.6 is 11.8 Å². The molecule has 3 nitrogen and oxygen atoms in total. The molecule has 0 saturated heterocycles. The van der Waals surface area contributed by atoms with Crippen LogP contribution in [-0.2, 0) is 0 Å². The number of carbonyl (C=O) groups is 1. The van der Waals surface area contributed by atoms with Crippen molar-refractivity contribution in [3.8, 4) is 0 Å². The fourth-order valence-electron chi connectivity index (χ4n) is 1.15. The van der Waals surface area contributed by atoms with Crippen molar-refractivity contribution in [1.82, 2.24) is 5.32 Å².